The minimum Gasteiger partial charge on any atom is -0.326 e. The van der Waals surface area contributed by atoms with Crippen LogP contribution in [0.1, 0.15) is 23.6 Å². The second-order valence-corrected chi connectivity index (χ2v) is 4.53. The van der Waals surface area contributed by atoms with E-state index in [4.69, 9.17) is 5.73 Å². The molecule has 3 heteroatoms. The molecule has 2 unspecified atom stereocenters. The highest BCUT2D eigenvalue weighted by Gasteiger charge is 2.22. The maximum Gasteiger partial charge on any atom is 0.0331 e. The molecule has 1 saturated heterocycles. The molecule has 14 heavy (non-hydrogen) atoms. The molecule has 2 atom stereocenters. The molecule has 1 aromatic rings. The first-order chi connectivity index (χ1) is 6.79. The smallest absolute Gasteiger partial charge is 0.0331 e. The van der Waals surface area contributed by atoms with Crippen LogP contribution in [0, 0.1) is 0 Å². The standard InChI is InChI=1S/C11H16N2S/c12-6-8-1-3-9(4-2-8)11-5-10(14)7-13-11/h1-4,10-11,13-14H,5-7,12H2. The minimum atomic E-state index is 0.476. The fourth-order valence-corrected chi connectivity index (χ4v) is 2.17. The van der Waals surface area contributed by atoms with E-state index in [0.29, 0.717) is 17.8 Å². The highest BCUT2D eigenvalue weighted by atomic mass is 32.1. The summed E-state index contributed by atoms with van der Waals surface area (Å²) in [5.74, 6) is 0. The molecule has 1 aromatic carbocycles. The summed E-state index contributed by atoms with van der Waals surface area (Å²) >= 11 is 4.46. The second kappa shape index (κ2) is 4.34. The summed E-state index contributed by atoms with van der Waals surface area (Å²) in [6, 6.07) is 8.99. The van der Waals surface area contributed by atoms with Crippen LogP contribution in [0.3, 0.4) is 0 Å². The number of nitrogens with two attached hydrogens (primary N) is 1. The van der Waals surface area contributed by atoms with Gasteiger partial charge in [0.1, 0.15) is 0 Å². The molecule has 0 spiro atoms. The van der Waals surface area contributed by atoms with E-state index in [2.05, 4.69) is 42.2 Å². The summed E-state index contributed by atoms with van der Waals surface area (Å²) in [5, 5.41) is 3.95. The largest absolute Gasteiger partial charge is 0.326 e. The van der Waals surface area contributed by atoms with E-state index < -0.39 is 0 Å². The lowest BCUT2D eigenvalue weighted by Crippen LogP contribution is -2.13. The van der Waals surface area contributed by atoms with Crippen molar-refractivity contribution in [2.24, 2.45) is 5.73 Å². The summed E-state index contributed by atoms with van der Waals surface area (Å²) in [4.78, 5) is 0. The van der Waals surface area contributed by atoms with Crippen LogP contribution in [0.5, 0.6) is 0 Å². The molecule has 1 aliphatic rings. The van der Waals surface area contributed by atoms with Crippen LogP contribution in [0.25, 0.3) is 0 Å². The predicted molar refractivity (Wildman–Crippen MR) is 62.5 cm³/mol. The van der Waals surface area contributed by atoms with Crippen LogP contribution in [0.4, 0.5) is 0 Å². The zero-order valence-corrected chi connectivity index (χ0v) is 9.00. The normalized spacial score (nSPS) is 26.7. The average molecular weight is 208 g/mol. The summed E-state index contributed by atoms with van der Waals surface area (Å²) in [7, 11) is 0. The van der Waals surface area contributed by atoms with E-state index in [-0.39, 0.29) is 0 Å². The first kappa shape index (κ1) is 10.0. The quantitative estimate of drug-likeness (QED) is 0.644. The molecule has 0 bridgehead atoms. The molecule has 3 N–H and O–H groups in total. The SMILES string of the molecule is NCc1ccc(C2CC(S)CN2)cc1. The van der Waals surface area contributed by atoms with Gasteiger partial charge in [0, 0.05) is 24.4 Å². The molecule has 76 valence electrons. The van der Waals surface area contributed by atoms with Crippen LogP contribution >= 0.6 is 12.6 Å². The topological polar surface area (TPSA) is 38.0 Å². The fraction of sp³-hybridized carbons (Fsp3) is 0.455. The molecule has 1 aliphatic heterocycles. The monoisotopic (exact) mass is 208 g/mol. The van der Waals surface area contributed by atoms with Gasteiger partial charge in [-0.05, 0) is 17.5 Å². The Labute approximate surface area is 90.3 Å². The third-order valence-electron chi connectivity index (χ3n) is 2.73. The highest BCUT2D eigenvalue weighted by Crippen LogP contribution is 2.25. The van der Waals surface area contributed by atoms with Gasteiger partial charge in [-0.3, -0.25) is 0 Å². The van der Waals surface area contributed by atoms with Gasteiger partial charge in [-0.1, -0.05) is 24.3 Å². The van der Waals surface area contributed by atoms with Gasteiger partial charge >= 0.3 is 0 Å². The van der Waals surface area contributed by atoms with Crippen molar-refractivity contribution in [2.75, 3.05) is 6.54 Å². The first-order valence-electron chi connectivity index (χ1n) is 5.00. The van der Waals surface area contributed by atoms with E-state index in [1.54, 1.807) is 0 Å². The van der Waals surface area contributed by atoms with E-state index in [1.165, 1.54) is 11.1 Å². The number of hydrogen-bond donors (Lipinski definition) is 3. The molecule has 0 radical (unpaired) electrons. The Morgan fingerprint density at radius 1 is 1.36 bits per heavy atom. The van der Waals surface area contributed by atoms with Gasteiger partial charge in [0.05, 0.1) is 0 Å². The van der Waals surface area contributed by atoms with E-state index in [9.17, 15) is 0 Å². The van der Waals surface area contributed by atoms with Gasteiger partial charge < -0.3 is 11.1 Å². The van der Waals surface area contributed by atoms with Crippen LogP contribution in [0.2, 0.25) is 0 Å². The number of thiol groups is 1. The summed E-state index contributed by atoms with van der Waals surface area (Å²) in [6.45, 7) is 1.62. The van der Waals surface area contributed by atoms with Crippen LogP contribution in [-0.4, -0.2) is 11.8 Å². The zero-order valence-electron chi connectivity index (χ0n) is 8.11. The van der Waals surface area contributed by atoms with Gasteiger partial charge in [-0.2, -0.15) is 12.6 Å². The van der Waals surface area contributed by atoms with Crippen molar-refractivity contribution in [1.29, 1.82) is 0 Å². The van der Waals surface area contributed by atoms with Gasteiger partial charge in [0.15, 0.2) is 0 Å². The lowest BCUT2D eigenvalue weighted by Gasteiger charge is -2.10. The molecule has 2 rings (SSSR count). The van der Waals surface area contributed by atoms with Crippen molar-refractivity contribution in [3.63, 3.8) is 0 Å². The summed E-state index contributed by atoms with van der Waals surface area (Å²) < 4.78 is 0. The van der Waals surface area contributed by atoms with E-state index >= 15 is 0 Å². The van der Waals surface area contributed by atoms with Crippen molar-refractivity contribution in [3.05, 3.63) is 35.4 Å². The molecule has 2 nitrogen and oxygen atoms in total. The molecule has 0 aromatic heterocycles. The number of nitrogens with one attached hydrogen (secondary N) is 1. The number of rotatable bonds is 2. The lowest BCUT2D eigenvalue weighted by atomic mass is 10.0. The molecular weight excluding hydrogens is 192 g/mol. The minimum absolute atomic E-state index is 0.476. The third kappa shape index (κ3) is 2.11. The molecule has 0 aliphatic carbocycles. The van der Waals surface area contributed by atoms with Gasteiger partial charge in [0.2, 0.25) is 0 Å². The Kier molecular flexibility index (Phi) is 3.11. The average Bonchev–Trinajstić information content (AvgIpc) is 2.65. The van der Waals surface area contributed by atoms with Crippen molar-refractivity contribution in [2.45, 2.75) is 24.3 Å². The Balaban J connectivity index is 2.09. The zero-order chi connectivity index (χ0) is 9.97. The molecule has 1 heterocycles. The van der Waals surface area contributed by atoms with Crippen molar-refractivity contribution in [3.8, 4) is 0 Å². The van der Waals surface area contributed by atoms with Gasteiger partial charge in [-0.15, -0.1) is 0 Å². The van der Waals surface area contributed by atoms with Crippen molar-refractivity contribution in [1.82, 2.24) is 5.32 Å². The first-order valence-corrected chi connectivity index (χ1v) is 5.51. The maximum atomic E-state index is 5.55. The Bertz CT molecular complexity index is 297. The Morgan fingerprint density at radius 3 is 2.57 bits per heavy atom. The van der Waals surface area contributed by atoms with Gasteiger partial charge in [-0.25, -0.2) is 0 Å². The summed E-state index contributed by atoms with van der Waals surface area (Å²) in [6.07, 6.45) is 1.12. The fourth-order valence-electron chi connectivity index (χ4n) is 1.86. The predicted octanol–water partition coefficient (Wildman–Crippen LogP) is 1.48. The summed E-state index contributed by atoms with van der Waals surface area (Å²) in [5.41, 5.74) is 8.08. The Hall–Kier alpha value is -0.510. The Morgan fingerprint density at radius 2 is 2.07 bits per heavy atom. The molecule has 0 amide bonds. The van der Waals surface area contributed by atoms with Crippen LogP contribution < -0.4 is 11.1 Å². The molecule has 0 saturated carbocycles. The van der Waals surface area contributed by atoms with Crippen molar-refractivity contribution >= 4 is 12.6 Å². The third-order valence-corrected chi connectivity index (χ3v) is 3.12. The number of hydrogen-bond acceptors (Lipinski definition) is 3. The molecular formula is C11H16N2S. The van der Waals surface area contributed by atoms with Crippen LogP contribution in [-0.2, 0) is 6.54 Å². The lowest BCUT2D eigenvalue weighted by molar-refractivity contribution is 0.648. The van der Waals surface area contributed by atoms with E-state index in [0.717, 1.165) is 13.0 Å². The second-order valence-electron chi connectivity index (χ2n) is 3.80. The van der Waals surface area contributed by atoms with Crippen molar-refractivity contribution < 1.29 is 0 Å². The van der Waals surface area contributed by atoms with E-state index in [1.807, 2.05) is 0 Å². The highest BCUT2D eigenvalue weighted by molar-refractivity contribution is 7.81. The molecule has 1 fully saturated rings. The van der Waals surface area contributed by atoms with Gasteiger partial charge in [0.25, 0.3) is 0 Å². The van der Waals surface area contributed by atoms with Crippen LogP contribution in [0.15, 0.2) is 24.3 Å². The maximum absolute atomic E-state index is 5.55. The number of benzene rings is 1.